The number of methoxy groups -OCH3 is 1. The van der Waals surface area contributed by atoms with E-state index in [1.54, 1.807) is 57.4 Å². The lowest BCUT2D eigenvalue weighted by Crippen LogP contribution is -2.43. The molecular weight excluding hydrogens is 392 g/mol. The van der Waals surface area contributed by atoms with E-state index in [0.29, 0.717) is 17.1 Å². The summed E-state index contributed by atoms with van der Waals surface area (Å²) in [6.45, 7) is 12.7. The lowest BCUT2D eigenvalue weighted by atomic mass is 10.0. The van der Waals surface area contributed by atoms with Crippen molar-refractivity contribution < 1.29 is 23.8 Å². The van der Waals surface area contributed by atoms with Crippen LogP contribution >= 0.6 is 0 Å². The molecule has 166 valence electrons. The van der Waals surface area contributed by atoms with Crippen LogP contribution in [0.1, 0.15) is 61.7 Å². The zero-order chi connectivity index (χ0) is 23.4. The highest BCUT2D eigenvalue weighted by atomic mass is 16.6. The van der Waals surface area contributed by atoms with Gasteiger partial charge in [0.2, 0.25) is 0 Å². The molecule has 0 N–H and O–H groups in total. The number of aryl methyl sites for hydroxylation is 2. The first-order chi connectivity index (χ1) is 14.3. The van der Waals surface area contributed by atoms with Crippen LogP contribution in [-0.2, 0) is 9.53 Å². The first kappa shape index (κ1) is 24.2. The van der Waals surface area contributed by atoms with Crippen LogP contribution in [0.5, 0.6) is 11.5 Å². The van der Waals surface area contributed by atoms with Crippen molar-refractivity contribution in [1.82, 2.24) is 0 Å². The highest BCUT2D eigenvalue weighted by molar-refractivity contribution is 6.06. The molecule has 0 saturated heterocycles. The number of rotatable bonds is 7. The molecule has 0 radical (unpaired) electrons. The summed E-state index contributed by atoms with van der Waals surface area (Å²) in [5.74, 6) is 0.823. The third-order valence-electron chi connectivity index (χ3n) is 4.53. The van der Waals surface area contributed by atoms with Gasteiger partial charge in [-0.1, -0.05) is 6.08 Å². The van der Waals surface area contributed by atoms with Gasteiger partial charge in [0, 0.05) is 5.56 Å². The predicted octanol–water partition coefficient (Wildman–Crippen LogP) is 5.71. The maximum absolute atomic E-state index is 12.5. The van der Waals surface area contributed by atoms with Crippen LogP contribution < -0.4 is 9.47 Å². The number of ketones is 1. The van der Waals surface area contributed by atoms with Crippen LogP contribution in [0.3, 0.4) is 0 Å². The van der Waals surface area contributed by atoms with E-state index in [4.69, 9.17) is 14.2 Å². The highest BCUT2D eigenvalue weighted by Gasteiger charge is 2.35. The number of benzene rings is 2. The molecule has 0 spiro atoms. The summed E-state index contributed by atoms with van der Waals surface area (Å²) in [4.78, 5) is 25.0. The molecule has 0 amide bonds. The van der Waals surface area contributed by atoms with Crippen molar-refractivity contribution in [2.45, 2.75) is 59.7 Å². The van der Waals surface area contributed by atoms with E-state index in [9.17, 15) is 9.59 Å². The molecule has 0 aliphatic rings. The fourth-order valence-electron chi connectivity index (χ4n) is 2.96. The Labute approximate surface area is 185 Å². The highest BCUT2D eigenvalue weighted by Crippen LogP contribution is 2.30. The average molecular weight is 425 g/mol. The molecule has 0 fully saturated rings. The number of hydrogen-bond acceptors (Lipinski definition) is 5. The molecule has 0 aliphatic carbocycles. The number of carbonyl (C=O) groups excluding carboxylic acids is 2. The van der Waals surface area contributed by atoms with Gasteiger partial charge in [0.15, 0.2) is 11.4 Å². The third kappa shape index (κ3) is 6.71. The Morgan fingerprint density at radius 3 is 1.94 bits per heavy atom. The van der Waals surface area contributed by atoms with Gasteiger partial charge >= 0.3 is 5.97 Å². The normalized spacial score (nSPS) is 12.0. The van der Waals surface area contributed by atoms with Crippen molar-refractivity contribution >= 4 is 17.8 Å². The Hall–Kier alpha value is -3.08. The number of hydrogen-bond donors (Lipinski definition) is 0. The predicted molar refractivity (Wildman–Crippen MR) is 123 cm³/mol. The van der Waals surface area contributed by atoms with E-state index < -0.39 is 17.2 Å². The molecule has 0 aromatic heterocycles. The number of esters is 1. The zero-order valence-electron chi connectivity index (χ0n) is 19.7. The molecule has 5 heteroatoms. The van der Waals surface area contributed by atoms with E-state index >= 15 is 0 Å². The van der Waals surface area contributed by atoms with Crippen LogP contribution in [-0.4, -0.2) is 30.1 Å². The largest absolute Gasteiger partial charge is 0.497 e. The van der Waals surface area contributed by atoms with Gasteiger partial charge in [0.25, 0.3) is 0 Å². The standard InChI is InChI=1S/C26H32O5/c1-17-15-19(9-14-22(27)20-10-12-21(29-8)13-11-20)16-18(2)23(17)30-26(6,7)24(28)31-25(3,4)5/h9-16H,1-8H3. The fraction of sp³-hybridized carbons (Fsp3) is 0.385. The summed E-state index contributed by atoms with van der Waals surface area (Å²) in [6, 6.07) is 10.8. The Morgan fingerprint density at radius 1 is 0.903 bits per heavy atom. The van der Waals surface area contributed by atoms with E-state index in [1.807, 2.05) is 46.8 Å². The second-order valence-corrected chi connectivity index (χ2v) is 9.02. The Bertz CT molecular complexity index is 953. The van der Waals surface area contributed by atoms with Crippen LogP contribution in [0.2, 0.25) is 0 Å². The lowest BCUT2D eigenvalue weighted by Gasteiger charge is -2.30. The van der Waals surface area contributed by atoms with Gasteiger partial charge in [-0.25, -0.2) is 4.79 Å². The summed E-state index contributed by atoms with van der Waals surface area (Å²) in [6.07, 6.45) is 3.32. The molecule has 0 unspecified atom stereocenters. The quantitative estimate of drug-likeness (QED) is 0.324. The molecule has 0 bridgehead atoms. The molecule has 2 rings (SSSR count). The molecule has 2 aromatic rings. The second kappa shape index (κ2) is 9.38. The molecule has 5 nitrogen and oxygen atoms in total. The van der Waals surface area contributed by atoms with Gasteiger partial charge in [-0.3, -0.25) is 4.79 Å². The minimum atomic E-state index is -1.13. The van der Waals surface area contributed by atoms with Gasteiger partial charge in [-0.15, -0.1) is 0 Å². The van der Waals surface area contributed by atoms with Crippen molar-refractivity contribution in [1.29, 1.82) is 0 Å². The minimum absolute atomic E-state index is 0.0932. The molecule has 2 aromatic carbocycles. The summed E-state index contributed by atoms with van der Waals surface area (Å²) < 4.78 is 16.7. The van der Waals surface area contributed by atoms with Crippen molar-refractivity contribution in [2.24, 2.45) is 0 Å². The van der Waals surface area contributed by atoms with E-state index in [-0.39, 0.29) is 5.78 Å². The van der Waals surface area contributed by atoms with Crippen molar-refractivity contribution in [3.8, 4) is 11.5 Å². The van der Waals surface area contributed by atoms with Gasteiger partial charge in [-0.05, 0) is 108 Å². The molecule has 0 saturated carbocycles. The summed E-state index contributed by atoms with van der Waals surface area (Å²) in [5, 5.41) is 0. The van der Waals surface area contributed by atoms with Gasteiger partial charge in [0.1, 0.15) is 17.1 Å². The van der Waals surface area contributed by atoms with Crippen LogP contribution in [0.15, 0.2) is 42.5 Å². The summed E-state index contributed by atoms with van der Waals surface area (Å²) >= 11 is 0. The van der Waals surface area contributed by atoms with E-state index in [1.165, 1.54) is 0 Å². The van der Waals surface area contributed by atoms with Gasteiger partial charge in [0.05, 0.1) is 7.11 Å². The molecule has 0 heterocycles. The second-order valence-electron chi connectivity index (χ2n) is 9.02. The first-order valence-corrected chi connectivity index (χ1v) is 10.2. The zero-order valence-corrected chi connectivity index (χ0v) is 19.7. The number of carbonyl (C=O) groups is 2. The topological polar surface area (TPSA) is 61.8 Å². The fourth-order valence-corrected chi connectivity index (χ4v) is 2.96. The van der Waals surface area contributed by atoms with Crippen LogP contribution in [0.4, 0.5) is 0 Å². The Kier molecular flexibility index (Phi) is 7.32. The Morgan fingerprint density at radius 2 is 1.45 bits per heavy atom. The monoisotopic (exact) mass is 424 g/mol. The van der Waals surface area contributed by atoms with Crippen molar-refractivity contribution in [2.75, 3.05) is 7.11 Å². The minimum Gasteiger partial charge on any atom is -0.497 e. The molecule has 0 aliphatic heterocycles. The Balaban J connectivity index is 2.18. The van der Waals surface area contributed by atoms with Gasteiger partial charge < -0.3 is 14.2 Å². The van der Waals surface area contributed by atoms with E-state index in [0.717, 1.165) is 16.7 Å². The average Bonchev–Trinajstić information content (AvgIpc) is 2.67. The van der Waals surface area contributed by atoms with Crippen molar-refractivity contribution in [3.63, 3.8) is 0 Å². The van der Waals surface area contributed by atoms with Crippen LogP contribution in [0, 0.1) is 13.8 Å². The molecule has 0 atom stereocenters. The summed E-state index contributed by atoms with van der Waals surface area (Å²) in [7, 11) is 1.59. The van der Waals surface area contributed by atoms with Gasteiger partial charge in [-0.2, -0.15) is 0 Å². The SMILES string of the molecule is COc1ccc(C(=O)C=Cc2cc(C)c(OC(C)(C)C(=O)OC(C)(C)C)c(C)c2)cc1. The maximum atomic E-state index is 12.5. The van der Waals surface area contributed by atoms with E-state index in [2.05, 4.69) is 0 Å². The van der Waals surface area contributed by atoms with Crippen LogP contribution in [0.25, 0.3) is 6.08 Å². The maximum Gasteiger partial charge on any atom is 0.350 e. The molecule has 31 heavy (non-hydrogen) atoms. The summed E-state index contributed by atoms with van der Waals surface area (Å²) in [5.41, 5.74) is 1.47. The molecular formula is C26H32O5. The number of ether oxygens (including phenoxy) is 3. The lowest BCUT2D eigenvalue weighted by molar-refractivity contribution is -0.171. The number of allylic oxidation sites excluding steroid dienone is 1. The third-order valence-corrected chi connectivity index (χ3v) is 4.53. The smallest absolute Gasteiger partial charge is 0.350 e. The van der Waals surface area contributed by atoms with Crippen molar-refractivity contribution in [3.05, 3.63) is 64.7 Å². The first-order valence-electron chi connectivity index (χ1n) is 10.2.